The van der Waals surface area contributed by atoms with Gasteiger partial charge in [-0.2, -0.15) is 0 Å². The maximum absolute atomic E-state index is 13.2. The summed E-state index contributed by atoms with van der Waals surface area (Å²) in [6.07, 6.45) is -1.28. The Kier molecular flexibility index (Phi) is 7.38. The lowest BCUT2D eigenvalue weighted by Crippen LogP contribution is -2.52. The van der Waals surface area contributed by atoms with E-state index in [1.807, 2.05) is 60.7 Å². The molecule has 2 amide bonds. The topological polar surface area (TPSA) is 111 Å². The SMILES string of the molecule is Cc1c(C(=O)N[C@@H](Cc2ccccc2)[C@@H](O)C(=O)NCc2ccccc2)[nH]c2ccccc2c1=O. The van der Waals surface area contributed by atoms with E-state index in [4.69, 9.17) is 0 Å². The number of carbonyl (C=O) groups is 2. The zero-order valence-corrected chi connectivity index (χ0v) is 19.3. The number of fused-ring (bicyclic) bond motifs is 1. The Morgan fingerprint density at radius 1 is 0.886 bits per heavy atom. The van der Waals surface area contributed by atoms with E-state index < -0.39 is 24.0 Å². The first kappa shape index (κ1) is 23.9. The van der Waals surface area contributed by atoms with Crippen LogP contribution >= 0.6 is 0 Å². The second kappa shape index (κ2) is 10.8. The van der Waals surface area contributed by atoms with Crippen LogP contribution in [-0.4, -0.2) is 34.1 Å². The van der Waals surface area contributed by atoms with Crippen molar-refractivity contribution in [1.82, 2.24) is 15.6 Å². The molecule has 3 aromatic carbocycles. The van der Waals surface area contributed by atoms with Gasteiger partial charge in [0, 0.05) is 23.0 Å². The molecular weight excluding hydrogens is 442 g/mol. The third kappa shape index (κ3) is 5.65. The number of benzene rings is 3. The maximum Gasteiger partial charge on any atom is 0.268 e. The summed E-state index contributed by atoms with van der Waals surface area (Å²) >= 11 is 0. The molecule has 0 bridgehead atoms. The molecule has 1 aromatic heterocycles. The third-order valence-corrected chi connectivity index (χ3v) is 5.95. The lowest BCUT2D eigenvalue weighted by molar-refractivity contribution is -0.130. The van der Waals surface area contributed by atoms with Crippen molar-refractivity contribution in [3.63, 3.8) is 0 Å². The third-order valence-electron chi connectivity index (χ3n) is 5.95. The Labute approximate surface area is 202 Å². The van der Waals surface area contributed by atoms with Crippen LogP contribution in [-0.2, 0) is 17.8 Å². The Hall–Kier alpha value is -4.23. The van der Waals surface area contributed by atoms with E-state index in [0.29, 0.717) is 10.9 Å². The number of pyridine rings is 1. The molecule has 0 fully saturated rings. The molecule has 0 saturated carbocycles. The minimum Gasteiger partial charge on any atom is -0.381 e. The number of para-hydroxylation sites is 1. The molecular formula is C28H27N3O4. The molecule has 4 aromatic rings. The molecule has 0 radical (unpaired) electrons. The van der Waals surface area contributed by atoms with Crippen molar-refractivity contribution in [2.24, 2.45) is 0 Å². The summed E-state index contributed by atoms with van der Waals surface area (Å²) in [5, 5.41) is 16.9. The average molecular weight is 470 g/mol. The number of hydrogen-bond acceptors (Lipinski definition) is 4. The van der Waals surface area contributed by atoms with Crippen LogP contribution in [0.25, 0.3) is 10.9 Å². The molecule has 7 nitrogen and oxygen atoms in total. The summed E-state index contributed by atoms with van der Waals surface area (Å²) in [5.74, 6) is -1.17. The first-order valence-electron chi connectivity index (χ1n) is 11.4. The number of nitrogens with one attached hydrogen (secondary N) is 3. The van der Waals surface area contributed by atoms with Gasteiger partial charge in [-0.25, -0.2) is 0 Å². The molecule has 0 unspecified atom stereocenters. The Morgan fingerprint density at radius 3 is 2.17 bits per heavy atom. The van der Waals surface area contributed by atoms with E-state index >= 15 is 0 Å². The van der Waals surface area contributed by atoms with E-state index in [0.717, 1.165) is 11.1 Å². The van der Waals surface area contributed by atoms with Gasteiger partial charge >= 0.3 is 0 Å². The Morgan fingerprint density at radius 2 is 1.49 bits per heavy atom. The van der Waals surface area contributed by atoms with Gasteiger partial charge in [-0.3, -0.25) is 14.4 Å². The van der Waals surface area contributed by atoms with Crippen LogP contribution in [0.3, 0.4) is 0 Å². The summed E-state index contributed by atoms with van der Waals surface area (Å²) in [5.41, 5.74) is 2.39. The molecule has 4 rings (SSSR count). The number of carbonyl (C=O) groups excluding carboxylic acids is 2. The fraction of sp³-hybridized carbons (Fsp3) is 0.179. The van der Waals surface area contributed by atoms with Crippen LogP contribution in [0.4, 0.5) is 0 Å². The van der Waals surface area contributed by atoms with Gasteiger partial charge in [-0.05, 0) is 36.6 Å². The number of aliphatic hydroxyl groups excluding tert-OH is 1. The van der Waals surface area contributed by atoms with Crippen LogP contribution in [0.1, 0.15) is 27.2 Å². The van der Waals surface area contributed by atoms with Crippen molar-refractivity contribution in [2.45, 2.75) is 32.0 Å². The molecule has 35 heavy (non-hydrogen) atoms. The van der Waals surface area contributed by atoms with Gasteiger partial charge in [0.2, 0.25) is 0 Å². The molecule has 7 heteroatoms. The van der Waals surface area contributed by atoms with Gasteiger partial charge in [-0.15, -0.1) is 0 Å². The normalized spacial score (nSPS) is 12.6. The highest BCUT2D eigenvalue weighted by Crippen LogP contribution is 2.13. The summed E-state index contributed by atoms with van der Waals surface area (Å²) < 4.78 is 0. The molecule has 0 saturated heterocycles. The summed E-state index contributed by atoms with van der Waals surface area (Å²) in [6.45, 7) is 1.83. The minimum absolute atomic E-state index is 0.101. The number of rotatable bonds is 8. The Bertz CT molecular complexity index is 1380. The number of hydrogen-bond donors (Lipinski definition) is 4. The van der Waals surface area contributed by atoms with Crippen LogP contribution < -0.4 is 16.1 Å². The molecule has 2 atom stereocenters. The maximum atomic E-state index is 13.2. The van der Waals surface area contributed by atoms with Crippen molar-refractivity contribution in [3.8, 4) is 0 Å². The average Bonchev–Trinajstić information content (AvgIpc) is 2.89. The fourth-order valence-electron chi connectivity index (χ4n) is 3.98. The highest BCUT2D eigenvalue weighted by atomic mass is 16.3. The number of aliphatic hydroxyl groups is 1. The number of aromatic amines is 1. The molecule has 178 valence electrons. The van der Waals surface area contributed by atoms with E-state index in [1.54, 1.807) is 31.2 Å². The van der Waals surface area contributed by atoms with Gasteiger partial charge in [0.05, 0.1) is 6.04 Å². The molecule has 4 N–H and O–H groups in total. The second-order valence-corrected chi connectivity index (χ2v) is 8.42. The van der Waals surface area contributed by atoms with Crippen LogP contribution in [0.5, 0.6) is 0 Å². The summed E-state index contributed by atoms with van der Waals surface area (Å²) in [7, 11) is 0. The molecule has 0 aliphatic heterocycles. The van der Waals surface area contributed by atoms with Crippen LogP contribution in [0.2, 0.25) is 0 Å². The first-order chi connectivity index (χ1) is 16.9. The van der Waals surface area contributed by atoms with E-state index in [9.17, 15) is 19.5 Å². The number of aromatic nitrogens is 1. The van der Waals surface area contributed by atoms with Crippen molar-refractivity contribution < 1.29 is 14.7 Å². The van der Waals surface area contributed by atoms with Crippen LogP contribution in [0.15, 0.2) is 89.7 Å². The van der Waals surface area contributed by atoms with E-state index in [-0.39, 0.29) is 29.7 Å². The van der Waals surface area contributed by atoms with Crippen molar-refractivity contribution in [2.75, 3.05) is 0 Å². The van der Waals surface area contributed by atoms with Crippen molar-refractivity contribution >= 4 is 22.7 Å². The number of H-pyrrole nitrogens is 1. The van der Waals surface area contributed by atoms with Gasteiger partial charge < -0.3 is 20.7 Å². The highest BCUT2D eigenvalue weighted by molar-refractivity contribution is 5.97. The Balaban J connectivity index is 1.57. The van der Waals surface area contributed by atoms with Crippen molar-refractivity contribution in [3.05, 3.63) is 118 Å². The molecule has 0 aliphatic rings. The van der Waals surface area contributed by atoms with Crippen molar-refractivity contribution in [1.29, 1.82) is 0 Å². The molecule has 0 spiro atoms. The number of amides is 2. The van der Waals surface area contributed by atoms with E-state index in [1.165, 1.54) is 0 Å². The molecule has 1 heterocycles. The standard InChI is InChI=1S/C28H27N3O4/c1-18-24(30-22-15-9-8-14-21(22)25(18)32)27(34)31-23(16-19-10-4-2-5-11-19)26(33)28(35)29-17-20-12-6-3-7-13-20/h2-15,23,26,33H,16-17H2,1H3,(H,29,35)(H,30,32)(H,31,34)/t23-,26+/m0/s1. The van der Waals surface area contributed by atoms with E-state index in [2.05, 4.69) is 15.6 Å². The zero-order valence-electron chi connectivity index (χ0n) is 19.3. The fourth-order valence-corrected chi connectivity index (χ4v) is 3.98. The predicted octanol–water partition coefficient (Wildman–Crippen LogP) is 2.85. The monoisotopic (exact) mass is 469 g/mol. The first-order valence-corrected chi connectivity index (χ1v) is 11.4. The van der Waals surface area contributed by atoms with Gasteiger partial charge in [-0.1, -0.05) is 72.8 Å². The minimum atomic E-state index is -1.50. The summed E-state index contributed by atoms with van der Waals surface area (Å²) in [4.78, 5) is 41.8. The smallest absolute Gasteiger partial charge is 0.268 e. The second-order valence-electron chi connectivity index (χ2n) is 8.42. The quantitative estimate of drug-likeness (QED) is 0.318. The van der Waals surface area contributed by atoms with Gasteiger partial charge in [0.25, 0.3) is 11.8 Å². The lowest BCUT2D eigenvalue weighted by Gasteiger charge is -2.24. The largest absolute Gasteiger partial charge is 0.381 e. The highest BCUT2D eigenvalue weighted by Gasteiger charge is 2.29. The van der Waals surface area contributed by atoms with Gasteiger partial charge in [0.15, 0.2) is 11.5 Å². The zero-order chi connectivity index (χ0) is 24.8. The summed E-state index contributed by atoms with van der Waals surface area (Å²) in [6, 6.07) is 24.7. The predicted molar refractivity (Wildman–Crippen MR) is 135 cm³/mol. The molecule has 0 aliphatic carbocycles. The lowest BCUT2D eigenvalue weighted by atomic mass is 9.99. The van der Waals surface area contributed by atoms with Gasteiger partial charge in [0.1, 0.15) is 5.69 Å². The van der Waals surface area contributed by atoms with Crippen LogP contribution in [0, 0.1) is 6.92 Å².